The molecule has 28 heavy (non-hydrogen) atoms. The van der Waals surface area contributed by atoms with Gasteiger partial charge < -0.3 is 23.8 Å². The first kappa shape index (κ1) is 20.2. The van der Waals surface area contributed by atoms with Crippen LogP contribution in [0.5, 0.6) is 11.5 Å². The Hall–Kier alpha value is -2.52. The number of esters is 1. The van der Waals surface area contributed by atoms with Crippen molar-refractivity contribution in [1.82, 2.24) is 4.90 Å². The van der Waals surface area contributed by atoms with E-state index in [9.17, 15) is 9.59 Å². The van der Waals surface area contributed by atoms with E-state index in [-0.39, 0.29) is 12.5 Å². The molecule has 2 aliphatic rings. The number of carbonyl (C=O) groups excluding carboxylic acids is 2. The molecule has 0 spiro atoms. The number of amides is 1. The Morgan fingerprint density at radius 3 is 2.79 bits per heavy atom. The molecule has 3 rings (SSSR count). The predicted molar refractivity (Wildman–Crippen MR) is 106 cm³/mol. The monoisotopic (exact) mass is 406 g/mol. The van der Waals surface area contributed by atoms with Crippen LogP contribution in [-0.2, 0) is 19.1 Å². The Bertz CT molecular complexity index is 802. The van der Waals surface area contributed by atoms with Gasteiger partial charge in [0.2, 0.25) is 0 Å². The quantitative estimate of drug-likeness (QED) is 0.523. The van der Waals surface area contributed by atoms with Gasteiger partial charge in [0.05, 0.1) is 31.8 Å². The van der Waals surface area contributed by atoms with E-state index in [0.717, 1.165) is 18.7 Å². The summed E-state index contributed by atoms with van der Waals surface area (Å²) in [5, 5.41) is 0.711. The molecule has 1 saturated heterocycles. The molecular formula is C19H22N2O6S. The van der Waals surface area contributed by atoms with Crippen LogP contribution in [0.1, 0.15) is 12.5 Å². The Labute approximate surface area is 167 Å². The van der Waals surface area contributed by atoms with Crippen LogP contribution in [0.4, 0.5) is 0 Å². The van der Waals surface area contributed by atoms with Gasteiger partial charge in [0.15, 0.2) is 23.3 Å². The van der Waals surface area contributed by atoms with Crippen molar-refractivity contribution in [3.63, 3.8) is 0 Å². The van der Waals surface area contributed by atoms with E-state index in [1.807, 2.05) is 6.92 Å². The molecule has 1 fully saturated rings. The van der Waals surface area contributed by atoms with E-state index < -0.39 is 5.97 Å². The summed E-state index contributed by atoms with van der Waals surface area (Å²) in [4.78, 5) is 30.3. The fourth-order valence-corrected chi connectivity index (χ4v) is 3.60. The molecule has 0 aliphatic carbocycles. The summed E-state index contributed by atoms with van der Waals surface area (Å²) in [7, 11) is 1.30. The number of thioether (sulfide) groups is 1. The highest BCUT2D eigenvalue weighted by molar-refractivity contribution is 8.18. The molecule has 9 heteroatoms. The maximum absolute atomic E-state index is 12.3. The lowest BCUT2D eigenvalue weighted by Crippen LogP contribution is -2.38. The molecule has 0 aromatic heterocycles. The molecule has 0 N–H and O–H groups in total. The minimum Gasteiger partial charge on any atom is -0.490 e. The second-order valence-electron chi connectivity index (χ2n) is 5.91. The number of rotatable bonds is 6. The van der Waals surface area contributed by atoms with Gasteiger partial charge in [0.25, 0.3) is 5.91 Å². The van der Waals surface area contributed by atoms with Gasteiger partial charge >= 0.3 is 5.97 Å². The molecule has 0 bridgehead atoms. The Morgan fingerprint density at radius 1 is 1.29 bits per heavy atom. The van der Waals surface area contributed by atoms with Gasteiger partial charge in [-0.1, -0.05) is 6.07 Å². The number of hydrogen-bond donors (Lipinski definition) is 0. The molecule has 0 atom stereocenters. The van der Waals surface area contributed by atoms with Gasteiger partial charge in [-0.15, -0.1) is 0 Å². The Morgan fingerprint density at radius 2 is 2.07 bits per heavy atom. The van der Waals surface area contributed by atoms with E-state index >= 15 is 0 Å². The molecule has 1 amide bonds. The van der Waals surface area contributed by atoms with Gasteiger partial charge in [-0.2, -0.15) is 4.99 Å². The van der Waals surface area contributed by atoms with Crippen molar-refractivity contribution in [2.75, 3.05) is 46.6 Å². The average Bonchev–Trinajstić information content (AvgIpc) is 3.08. The zero-order valence-corrected chi connectivity index (χ0v) is 16.6. The normalized spacial score (nSPS) is 18.2. The molecule has 1 aromatic carbocycles. The van der Waals surface area contributed by atoms with Crippen LogP contribution in [0, 0.1) is 0 Å². The Kier molecular flexibility index (Phi) is 6.94. The van der Waals surface area contributed by atoms with E-state index in [0.29, 0.717) is 41.4 Å². The van der Waals surface area contributed by atoms with Crippen molar-refractivity contribution >= 4 is 34.9 Å². The van der Waals surface area contributed by atoms with E-state index in [1.54, 1.807) is 24.3 Å². The minimum absolute atomic E-state index is 0.206. The van der Waals surface area contributed by atoms with Crippen LogP contribution in [0.3, 0.4) is 0 Å². The summed E-state index contributed by atoms with van der Waals surface area (Å²) in [5.41, 5.74) is 0.781. The van der Waals surface area contributed by atoms with Gasteiger partial charge in [-0.25, -0.2) is 4.79 Å². The summed E-state index contributed by atoms with van der Waals surface area (Å²) < 4.78 is 21.0. The number of nitrogens with zero attached hydrogens (tertiary/aromatic N) is 2. The lowest BCUT2D eigenvalue weighted by Gasteiger charge is -2.27. The van der Waals surface area contributed by atoms with Crippen molar-refractivity contribution < 1.29 is 28.5 Å². The standard InChI is InChI=1S/C19H22N2O6S/c1-3-26-15-10-13(4-5-14(15)27-12-17(22)24-2)11-16-18(23)20-19(28-16)21-6-8-25-9-7-21/h4-5,10-11H,3,6-9,12H2,1-2H3/b16-11-. The van der Waals surface area contributed by atoms with Crippen LogP contribution >= 0.6 is 11.8 Å². The number of carbonyl (C=O) groups is 2. The molecule has 0 saturated carbocycles. The third-order valence-corrected chi connectivity index (χ3v) is 5.07. The van der Waals surface area contributed by atoms with E-state index in [4.69, 9.17) is 14.2 Å². The third-order valence-electron chi connectivity index (χ3n) is 4.03. The summed E-state index contributed by atoms with van der Waals surface area (Å²) in [6.45, 7) is 4.82. The topological polar surface area (TPSA) is 86.7 Å². The first-order valence-electron chi connectivity index (χ1n) is 8.92. The highest BCUT2D eigenvalue weighted by Gasteiger charge is 2.27. The van der Waals surface area contributed by atoms with E-state index in [1.165, 1.54) is 18.9 Å². The zero-order chi connectivity index (χ0) is 19.9. The van der Waals surface area contributed by atoms with Crippen LogP contribution in [0.15, 0.2) is 28.1 Å². The largest absolute Gasteiger partial charge is 0.490 e. The summed E-state index contributed by atoms with van der Waals surface area (Å²) in [6, 6.07) is 5.26. The van der Waals surface area contributed by atoms with Gasteiger partial charge in [0.1, 0.15) is 0 Å². The lowest BCUT2D eigenvalue weighted by atomic mass is 10.2. The molecule has 0 radical (unpaired) electrons. The van der Waals surface area contributed by atoms with Gasteiger partial charge in [-0.05, 0) is 42.5 Å². The second-order valence-corrected chi connectivity index (χ2v) is 6.92. The maximum atomic E-state index is 12.3. The number of ether oxygens (including phenoxy) is 4. The SMILES string of the molecule is CCOc1cc(/C=C2\SC(N3CCOCC3)=NC2=O)ccc1OCC(=O)OC. The lowest BCUT2D eigenvalue weighted by molar-refractivity contribution is -0.142. The van der Waals surface area contributed by atoms with Crippen LogP contribution < -0.4 is 9.47 Å². The first-order valence-corrected chi connectivity index (χ1v) is 9.74. The fraction of sp³-hybridized carbons (Fsp3) is 0.421. The van der Waals surface area contributed by atoms with Crippen molar-refractivity contribution in [2.45, 2.75) is 6.92 Å². The minimum atomic E-state index is -0.477. The second kappa shape index (κ2) is 9.61. The molecule has 8 nitrogen and oxygen atoms in total. The van der Waals surface area contributed by atoms with Crippen molar-refractivity contribution in [3.05, 3.63) is 28.7 Å². The number of benzene rings is 1. The smallest absolute Gasteiger partial charge is 0.343 e. The molecule has 2 heterocycles. The first-order chi connectivity index (χ1) is 13.6. The fourth-order valence-electron chi connectivity index (χ4n) is 2.64. The average molecular weight is 406 g/mol. The summed E-state index contributed by atoms with van der Waals surface area (Å²) >= 11 is 1.36. The van der Waals surface area contributed by atoms with Gasteiger partial charge in [-0.3, -0.25) is 4.79 Å². The number of morpholine rings is 1. The van der Waals surface area contributed by atoms with Crippen LogP contribution in [0.2, 0.25) is 0 Å². The van der Waals surface area contributed by atoms with Crippen molar-refractivity contribution in [1.29, 1.82) is 0 Å². The molecule has 2 aliphatic heterocycles. The van der Waals surface area contributed by atoms with E-state index in [2.05, 4.69) is 14.6 Å². The predicted octanol–water partition coefficient (Wildman–Crippen LogP) is 1.94. The summed E-state index contributed by atoms with van der Waals surface area (Å²) in [5.74, 6) is 0.195. The molecule has 1 aromatic rings. The highest BCUT2D eigenvalue weighted by Crippen LogP contribution is 2.33. The van der Waals surface area contributed by atoms with Crippen LogP contribution in [0.25, 0.3) is 6.08 Å². The van der Waals surface area contributed by atoms with Gasteiger partial charge in [0, 0.05) is 13.1 Å². The van der Waals surface area contributed by atoms with Crippen molar-refractivity contribution in [3.8, 4) is 11.5 Å². The Balaban J connectivity index is 1.73. The number of amidine groups is 1. The molecular weight excluding hydrogens is 384 g/mol. The molecule has 0 unspecified atom stereocenters. The van der Waals surface area contributed by atoms with Crippen molar-refractivity contribution in [2.24, 2.45) is 4.99 Å². The number of aliphatic imine (C=N–C) groups is 1. The number of methoxy groups -OCH3 is 1. The summed E-state index contributed by atoms with van der Waals surface area (Å²) in [6.07, 6.45) is 1.77. The third kappa shape index (κ3) is 5.05. The van der Waals surface area contributed by atoms with Crippen LogP contribution in [-0.4, -0.2) is 68.6 Å². The highest BCUT2D eigenvalue weighted by atomic mass is 32.2. The maximum Gasteiger partial charge on any atom is 0.343 e. The molecule has 150 valence electrons. The zero-order valence-electron chi connectivity index (χ0n) is 15.8. The number of hydrogen-bond acceptors (Lipinski definition) is 8.